The Kier molecular flexibility index (Phi) is 7.14. The first-order valence-electron chi connectivity index (χ1n) is 12.9. The van der Waals surface area contributed by atoms with Gasteiger partial charge in [0.05, 0.1) is 24.4 Å². The first-order chi connectivity index (χ1) is 17.4. The highest BCUT2D eigenvalue weighted by atomic mass is 16.7. The number of piperazine rings is 1. The summed E-state index contributed by atoms with van der Waals surface area (Å²) in [5, 5.41) is 3.58. The number of carbonyl (C=O) groups is 2. The second-order valence-corrected chi connectivity index (χ2v) is 10.4. The van der Waals surface area contributed by atoms with Crippen molar-refractivity contribution in [2.24, 2.45) is 0 Å². The zero-order valence-corrected chi connectivity index (χ0v) is 21.5. The highest BCUT2D eigenvalue weighted by Crippen LogP contribution is 2.40. The SMILES string of the molecule is CN1CCN(c2ccc3c(c2)COC2(CCN(C4CCC4)CC2)O3)C(=O)C1.Cc1noc(C)c1C=O. The number of fused-ring (bicyclic) bond motifs is 1. The number of piperidine rings is 1. The lowest BCUT2D eigenvalue weighted by molar-refractivity contribution is -0.231. The largest absolute Gasteiger partial charge is 0.462 e. The van der Waals surface area contributed by atoms with Gasteiger partial charge in [0.15, 0.2) is 6.29 Å². The fourth-order valence-electron chi connectivity index (χ4n) is 5.34. The van der Waals surface area contributed by atoms with E-state index in [1.165, 1.54) is 19.3 Å². The molecule has 9 heteroatoms. The number of amides is 1. The summed E-state index contributed by atoms with van der Waals surface area (Å²) in [7, 11) is 1.99. The van der Waals surface area contributed by atoms with E-state index in [1.54, 1.807) is 13.8 Å². The second kappa shape index (κ2) is 10.3. The molecule has 0 atom stereocenters. The average molecular weight is 497 g/mol. The summed E-state index contributed by atoms with van der Waals surface area (Å²) in [6, 6.07) is 6.90. The predicted molar refractivity (Wildman–Crippen MR) is 134 cm³/mol. The van der Waals surface area contributed by atoms with Crippen LogP contribution in [0.2, 0.25) is 0 Å². The minimum Gasteiger partial charge on any atom is -0.462 e. The summed E-state index contributed by atoms with van der Waals surface area (Å²) in [6.07, 6.45) is 6.70. The van der Waals surface area contributed by atoms with E-state index in [0.717, 1.165) is 68.3 Å². The van der Waals surface area contributed by atoms with Crippen molar-refractivity contribution in [3.8, 4) is 5.75 Å². The van der Waals surface area contributed by atoms with E-state index in [2.05, 4.69) is 21.0 Å². The fourth-order valence-corrected chi connectivity index (χ4v) is 5.34. The van der Waals surface area contributed by atoms with Crippen LogP contribution in [0.4, 0.5) is 5.69 Å². The van der Waals surface area contributed by atoms with Crippen LogP contribution in [0.5, 0.6) is 5.75 Å². The number of carbonyl (C=O) groups excluding carboxylic acids is 2. The van der Waals surface area contributed by atoms with Crippen molar-refractivity contribution < 1.29 is 23.6 Å². The molecule has 9 nitrogen and oxygen atoms in total. The van der Waals surface area contributed by atoms with Crippen LogP contribution in [-0.2, 0) is 16.1 Å². The van der Waals surface area contributed by atoms with Gasteiger partial charge in [0.1, 0.15) is 11.5 Å². The number of aldehydes is 1. The summed E-state index contributed by atoms with van der Waals surface area (Å²) >= 11 is 0. The fraction of sp³-hybridized carbons (Fsp3) is 0.593. The molecule has 0 radical (unpaired) electrons. The van der Waals surface area contributed by atoms with Gasteiger partial charge in [0, 0.05) is 56.3 Å². The van der Waals surface area contributed by atoms with E-state index in [1.807, 2.05) is 24.1 Å². The molecule has 0 N–H and O–H groups in total. The second-order valence-electron chi connectivity index (χ2n) is 10.4. The number of likely N-dealkylation sites (N-methyl/N-ethyl adjacent to an activating group) is 1. The van der Waals surface area contributed by atoms with Crippen LogP contribution < -0.4 is 9.64 Å². The van der Waals surface area contributed by atoms with Crippen LogP contribution in [0.25, 0.3) is 0 Å². The minimum absolute atomic E-state index is 0.154. The number of rotatable bonds is 3. The quantitative estimate of drug-likeness (QED) is 0.598. The maximum atomic E-state index is 12.3. The van der Waals surface area contributed by atoms with Crippen molar-refractivity contribution in [1.29, 1.82) is 0 Å². The van der Waals surface area contributed by atoms with Gasteiger partial charge in [-0.3, -0.25) is 19.4 Å². The maximum absolute atomic E-state index is 12.3. The van der Waals surface area contributed by atoms with Crippen LogP contribution in [0.1, 0.15) is 59.5 Å². The van der Waals surface area contributed by atoms with Crippen LogP contribution in [0.3, 0.4) is 0 Å². The number of hydrogen-bond donors (Lipinski definition) is 0. The third kappa shape index (κ3) is 5.05. The monoisotopic (exact) mass is 496 g/mol. The van der Waals surface area contributed by atoms with E-state index in [9.17, 15) is 9.59 Å². The van der Waals surface area contributed by atoms with Gasteiger partial charge in [-0.2, -0.15) is 0 Å². The molecule has 194 valence electrons. The predicted octanol–water partition coefficient (Wildman–Crippen LogP) is 3.32. The van der Waals surface area contributed by atoms with E-state index in [0.29, 0.717) is 30.2 Å². The van der Waals surface area contributed by atoms with Crippen LogP contribution >= 0.6 is 0 Å². The first-order valence-corrected chi connectivity index (χ1v) is 12.9. The maximum Gasteiger partial charge on any atom is 0.241 e. The molecular formula is C27H36N4O5. The van der Waals surface area contributed by atoms with Crippen molar-refractivity contribution in [2.75, 3.05) is 44.7 Å². The highest BCUT2D eigenvalue weighted by Gasteiger charge is 2.43. The summed E-state index contributed by atoms with van der Waals surface area (Å²) < 4.78 is 17.3. The lowest BCUT2D eigenvalue weighted by Gasteiger charge is -2.47. The summed E-state index contributed by atoms with van der Waals surface area (Å²) in [6.45, 7) is 8.25. The molecule has 3 aliphatic heterocycles. The lowest BCUT2D eigenvalue weighted by atomic mass is 9.89. The number of aromatic nitrogens is 1. The minimum atomic E-state index is -0.460. The number of hydrogen-bond acceptors (Lipinski definition) is 8. The Morgan fingerprint density at radius 2 is 1.89 bits per heavy atom. The zero-order chi connectivity index (χ0) is 25.3. The molecule has 4 aliphatic rings. The standard InChI is InChI=1S/C21H29N3O3.C6H7NO2/c1-22-11-12-24(20(25)14-22)18-5-6-19-16(13-18)15-26-21(27-19)7-9-23(10-8-21)17-3-2-4-17;1-4-6(3-8)5(2)9-7-4/h5-6,13,17H,2-4,7-12,14-15H2,1H3;3H,1-2H3. The first kappa shape index (κ1) is 24.9. The van der Waals surface area contributed by atoms with Gasteiger partial charge in [-0.25, -0.2) is 0 Å². The summed E-state index contributed by atoms with van der Waals surface area (Å²) in [5.41, 5.74) is 3.22. The van der Waals surface area contributed by atoms with Crippen LogP contribution in [0.15, 0.2) is 22.7 Å². The Bertz CT molecular complexity index is 1080. The average Bonchev–Trinajstić information content (AvgIpc) is 3.17. The number of benzene rings is 1. The third-order valence-electron chi connectivity index (χ3n) is 7.91. The van der Waals surface area contributed by atoms with Gasteiger partial charge in [0.25, 0.3) is 0 Å². The molecule has 36 heavy (non-hydrogen) atoms. The molecule has 1 aromatic carbocycles. The molecule has 4 heterocycles. The van der Waals surface area contributed by atoms with E-state index >= 15 is 0 Å². The molecular weight excluding hydrogens is 460 g/mol. The van der Waals surface area contributed by atoms with Crippen molar-refractivity contribution in [3.63, 3.8) is 0 Å². The molecule has 0 bridgehead atoms. The number of likely N-dealkylation sites (tertiary alicyclic amines) is 1. The smallest absolute Gasteiger partial charge is 0.241 e. The Morgan fingerprint density at radius 1 is 1.11 bits per heavy atom. The van der Waals surface area contributed by atoms with Gasteiger partial charge < -0.3 is 18.9 Å². The normalized spacial score (nSPS) is 22.3. The molecule has 3 fully saturated rings. The lowest BCUT2D eigenvalue weighted by Crippen LogP contribution is -2.54. The van der Waals surface area contributed by atoms with Gasteiger partial charge >= 0.3 is 0 Å². The molecule has 2 aromatic rings. The molecule has 6 rings (SSSR count). The molecule has 1 aliphatic carbocycles. The molecule has 1 aromatic heterocycles. The summed E-state index contributed by atoms with van der Waals surface area (Å²) in [5.74, 6) is 1.20. The number of nitrogens with zero attached hydrogens (tertiary/aromatic N) is 4. The topological polar surface area (TPSA) is 88.3 Å². The number of aryl methyl sites for hydroxylation is 2. The van der Waals surface area contributed by atoms with Crippen molar-refractivity contribution in [2.45, 2.75) is 64.4 Å². The van der Waals surface area contributed by atoms with Crippen molar-refractivity contribution in [1.82, 2.24) is 15.0 Å². The van der Waals surface area contributed by atoms with Crippen molar-refractivity contribution >= 4 is 17.9 Å². The Hall–Kier alpha value is -2.75. The molecule has 2 saturated heterocycles. The third-order valence-corrected chi connectivity index (χ3v) is 7.91. The van der Waals surface area contributed by atoms with Gasteiger partial charge in [-0.1, -0.05) is 11.6 Å². The number of ether oxygens (including phenoxy) is 2. The Morgan fingerprint density at radius 3 is 2.47 bits per heavy atom. The molecule has 0 unspecified atom stereocenters. The van der Waals surface area contributed by atoms with Gasteiger partial charge in [0.2, 0.25) is 11.7 Å². The molecule has 1 spiro atoms. The number of anilines is 1. The van der Waals surface area contributed by atoms with E-state index in [4.69, 9.17) is 14.0 Å². The van der Waals surface area contributed by atoms with E-state index < -0.39 is 5.79 Å². The molecule has 1 saturated carbocycles. The van der Waals surface area contributed by atoms with E-state index in [-0.39, 0.29) is 5.91 Å². The van der Waals surface area contributed by atoms with Gasteiger partial charge in [-0.05, 0) is 51.9 Å². The van der Waals surface area contributed by atoms with Crippen LogP contribution in [0, 0.1) is 13.8 Å². The Labute approximate surface area is 212 Å². The summed E-state index contributed by atoms with van der Waals surface area (Å²) in [4.78, 5) is 29.1. The molecule has 1 amide bonds. The van der Waals surface area contributed by atoms with Gasteiger partial charge in [-0.15, -0.1) is 0 Å². The highest BCUT2D eigenvalue weighted by molar-refractivity contribution is 5.95. The Balaban J connectivity index is 0.000000252. The van der Waals surface area contributed by atoms with Crippen molar-refractivity contribution in [3.05, 3.63) is 40.8 Å². The zero-order valence-electron chi connectivity index (χ0n) is 21.5. The van der Waals surface area contributed by atoms with Crippen LogP contribution in [-0.4, -0.2) is 78.8 Å².